The van der Waals surface area contributed by atoms with Crippen molar-refractivity contribution in [1.29, 1.82) is 0 Å². The third-order valence-corrected chi connectivity index (χ3v) is 2.71. The first-order valence-corrected chi connectivity index (χ1v) is 5.31. The number of hydrogen-bond acceptors (Lipinski definition) is 3. The Morgan fingerprint density at radius 1 is 1.77 bits per heavy atom. The smallest absolute Gasteiger partial charge is 0.0471 e. The minimum absolute atomic E-state index is 0.267. The van der Waals surface area contributed by atoms with E-state index >= 15 is 0 Å². The van der Waals surface area contributed by atoms with E-state index in [4.69, 9.17) is 5.84 Å². The third kappa shape index (κ3) is 3.30. The van der Waals surface area contributed by atoms with E-state index in [0.717, 1.165) is 12.8 Å². The van der Waals surface area contributed by atoms with Crippen LogP contribution < -0.4 is 11.3 Å². The zero-order chi connectivity index (χ0) is 9.68. The van der Waals surface area contributed by atoms with Gasteiger partial charge in [0, 0.05) is 6.04 Å². The summed E-state index contributed by atoms with van der Waals surface area (Å²) in [5.41, 5.74) is 5.30. The van der Waals surface area contributed by atoms with Crippen molar-refractivity contribution >= 4 is 11.3 Å². The van der Waals surface area contributed by atoms with Crippen molar-refractivity contribution in [3.05, 3.63) is 34.5 Å². The SMILES string of the molecule is C=C(C)CCC(NN)c1ccsc1. The average Bonchev–Trinajstić information content (AvgIpc) is 2.58. The Labute approximate surface area is 83.4 Å². The molecule has 0 aliphatic heterocycles. The standard InChI is InChI=1S/C10H16N2S/c1-8(2)3-4-10(12-11)9-5-6-13-7-9/h5-7,10,12H,1,3-4,11H2,2H3. The molecule has 3 N–H and O–H groups in total. The number of nitrogens with two attached hydrogens (primary N) is 1. The summed E-state index contributed by atoms with van der Waals surface area (Å²) in [7, 11) is 0. The van der Waals surface area contributed by atoms with Gasteiger partial charge >= 0.3 is 0 Å². The van der Waals surface area contributed by atoms with Crippen molar-refractivity contribution < 1.29 is 0 Å². The molecule has 0 fully saturated rings. The summed E-state index contributed by atoms with van der Waals surface area (Å²) in [6.45, 7) is 5.92. The average molecular weight is 196 g/mol. The summed E-state index contributed by atoms with van der Waals surface area (Å²) >= 11 is 1.70. The van der Waals surface area contributed by atoms with Crippen LogP contribution in [0.4, 0.5) is 0 Å². The Kier molecular flexibility index (Phi) is 4.15. The van der Waals surface area contributed by atoms with Crippen LogP contribution in [-0.4, -0.2) is 0 Å². The largest absolute Gasteiger partial charge is 0.271 e. The maximum Gasteiger partial charge on any atom is 0.0471 e. The minimum atomic E-state index is 0.267. The molecule has 1 heterocycles. The fraction of sp³-hybridized carbons (Fsp3) is 0.400. The Hall–Kier alpha value is -0.640. The van der Waals surface area contributed by atoms with Crippen LogP contribution in [-0.2, 0) is 0 Å². The predicted molar refractivity (Wildman–Crippen MR) is 58.4 cm³/mol. The second-order valence-electron chi connectivity index (χ2n) is 3.27. The molecule has 2 nitrogen and oxygen atoms in total. The van der Waals surface area contributed by atoms with Gasteiger partial charge in [0.2, 0.25) is 0 Å². The molecule has 0 aliphatic carbocycles. The van der Waals surface area contributed by atoms with Gasteiger partial charge in [-0.05, 0) is 42.2 Å². The molecule has 13 heavy (non-hydrogen) atoms. The van der Waals surface area contributed by atoms with Crippen molar-refractivity contribution in [3.8, 4) is 0 Å². The van der Waals surface area contributed by atoms with Gasteiger partial charge in [0.25, 0.3) is 0 Å². The van der Waals surface area contributed by atoms with E-state index in [0.29, 0.717) is 0 Å². The highest BCUT2D eigenvalue weighted by Crippen LogP contribution is 2.21. The molecule has 0 saturated carbocycles. The second-order valence-corrected chi connectivity index (χ2v) is 4.05. The summed E-state index contributed by atoms with van der Waals surface area (Å²) in [4.78, 5) is 0. The summed E-state index contributed by atoms with van der Waals surface area (Å²) < 4.78 is 0. The molecule has 0 spiro atoms. The number of thiophene rings is 1. The number of hydrazine groups is 1. The monoisotopic (exact) mass is 196 g/mol. The lowest BCUT2D eigenvalue weighted by Crippen LogP contribution is -2.27. The molecule has 0 amide bonds. The van der Waals surface area contributed by atoms with Crippen LogP contribution in [0.3, 0.4) is 0 Å². The summed E-state index contributed by atoms with van der Waals surface area (Å²) in [6.07, 6.45) is 2.04. The molecule has 1 aromatic rings. The maximum absolute atomic E-state index is 5.48. The number of nitrogens with one attached hydrogen (secondary N) is 1. The van der Waals surface area contributed by atoms with Crippen LogP contribution in [0.1, 0.15) is 31.4 Å². The zero-order valence-corrected chi connectivity index (χ0v) is 8.73. The zero-order valence-electron chi connectivity index (χ0n) is 7.92. The van der Waals surface area contributed by atoms with Gasteiger partial charge < -0.3 is 0 Å². The van der Waals surface area contributed by atoms with Crippen LogP contribution in [0, 0.1) is 0 Å². The van der Waals surface area contributed by atoms with E-state index < -0.39 is 0 Å². The molecule has 1 aromatic heterocycles. The van der Waals surface area contributed by atoms with Gasteiger partial charge in [-0.3, -0.25) is 11.3 Å². The lowest BCUT2D eigenvalue weighted by atomic mass is 10.0. The predicted octanol–water partition coefficient (Wildman–Crippen LogP) is 2.61. The Balaban J connectivity index is 2.49. The lowest BCUT2D eigenvalue weighted by Gasteiger charge is -2.13. The van der Waals surface area contributed by atoms with Gasteiger partial charge in [-0.25, -0.2) is 0 Å². The van der Waals surface area contributed by atoms with Gasteiger partial charge in [-0.2, -0.15) is 11.3 Å². The van der Waals surface area contributed by atoms with Gasteiger partial charge in [0.1, 0.15) is 0 Å². The van der Waals surface area contributed by atoms with Gasteiger partial charge in [0.15, 0.2) is 0 Å². The first-order valence-electron chi connectivity index (χ1n) is 4.36. The van der Waals surface area contributed by atoms with E-state index in [1.165, 1.54) is 11.1 Å². The van der Waals surface area contributed by atoms with E-state index in [1.807, 2.05) is 6.92 Å². The fourth-order valence-electron chi connectivity index (χ4n) is 1.21. The van der Waals surface area contributed by atoms with Crippen molar-refractivity contribution in [2.24, 2.45) is 5.84 Å². The molecule has 0 saturated heterocycles. The van der Waals surface area contributed by atoms with Crippen molar-refractivity contribution in [2.75, 3.05) is 0 Å². The fourth-order valence-corrected chi connectivity index (χ4v) is 1.92. The first-order chi connectivity index (χ1) is 6.24. The highest BCUT2D eigenvalue weighted by Gasteiger charge is 2.08. The molecule has 0 radical (unpaired) electrons. The second kappa shape index (κ2) is 5.17. The van der Waals surface area contributed by atoms with Crippen LogP contribution in [0.2, 0.25) is 0 Å². The Bertz CT molecular complexity index is 254. The molecule has 3 heteroatoms. The normalized spacial score (nSPS) is 12.8. The van der Waals surface area contributed by atoms with Crippen molar-refractivity contribution in [3.63, 3.8) is 0 Å². The summed E-state index contributed by atoms with van der Waals surface area (Å²) in [6, 6.07) is 2.37. The van der Waals surface area contributed by atoms with E-state index in [1.54, 1.807) is 11.3 Å². The van der Waals surface area contributed by atoms with Crippen molar-refractivity contribution in [1.82, 2.24) is 5.43 Å². The molecule has 72 valence electrons. The molecule has 0 bridgehead atoms. The Morgan fingerprint density at radius 2 is 2.54 bits per heavy atom. The molecular formula is C10H16N2S. The van der Waals surface area contributed by atoms with E-state index in [-0.39, 0.29) is 6.04 Å². The molecule has 1 rings (SSSR count). The quantitative estimate of drug-likeness (QED) is 0.431. The number of allylic oxidation sites excluding steroid dienone is 1. The van der Waals surface area contributed by atoms with E-state index in [2.05, 4.69) is 28.8 Å². The van der Waals surface area contributed by atoms with E-state index in [9.17, 15) is 0 Å². The molecular weight excluding hydrogens is 180 g/mol. The number of rotatable bonds is 5. The van der Waals surface area contributed by atoms with Crippen LogP contribution >= 0.6 is 11.3 Å². The minimum Gasteiger partial charge on any atom is -0.271 e. The molecule has 1 atom stereocenters. The first kappa shape index (κ1) is 10.4. The highest BCUT2D eigenvalue weighted by molar-refractivity contribution is 7.07. The summed E-state index contributed by atoms with van der Waals surface area (Å²) in [5.74, 6) is 5.48. The number of hydrogen-bond donors (Lipinski definition) is 2. The van der Waals surface area contributed by atoms with Crippen LogP contribution in [0.5, 0.6) is 0 Å². The molecule has 0 aliphatic rings. The topological polar surface area (TPSA) is 38.0 Å². The maximum atomic E-state index is 5.48. The van der Waals surface area contributed by atoms with Gasteiger partial charge in [-0.1, -0.05) is 5.57 Å². The highest BCUT2D eigenvalue weighted by atomic mass is 32.1. The van der Waals surface area contributed by atoms with Crippen LogP contribution in [0.15, 0.2) is 29.0 Å². The Morgan fingerprint density at radius 3 is 3.00 bits per heavy atom. The van der Waals surface area contributed by atoms with Gasteiger partial charge in [0.05, 0.1) is 0 Å². The van der Waals surface area contributed by atoms with Crippen molar-refractivity contribution in [2.45, 2.75) is 25.8 Å². The van der Waals surface area contributed by atoms with Gasteiger partial charge in [-0.15, -0.1) is 6.58 Å². The lowest BCUT2D eigenvalue weighted by molar-refractivity contribution is 0.517. The molecule has 1 unspecified atom stereocenters. The summed E-state index contributed by atoms with van der Waals surface area (Å²) in [5, 5.41) is 4.20. The van der Waals surface area contributed by atoms with Crippen LogP contribution in [0.25, 0.3) is 0 Å². The molecule has 0 aromatic carbocycles. The third-order valence-electron chi connectivity index (χ3n) is 2.01.